The van der Waals surface area contributed by atoms with Crippen LogP contribution in [0.2, 0.25) is 0 Å². The molecule has 2 amide bonds. The normalized spacial score (nSPS) is 22.9. The van der Waals surface area contributed by atoms with Gasteiger partial charge in [0.2, 0.25) is 5.91 Å². The van der Waals surface area contributed by atoms with Crippen LogP contribution in [-0.2, 0) is 14.9 Å². The van der Waals surface area contributed by atoms with Gasteiger partial charge in [0.15, 0.2) is 0 Å². The minimum absolute atomic E-state index is 0.227. The molecule has 1 spiro atoms. The number of H-pyrrole nitrogens is 1. The van der Waals surface area contributed by atoms with Crippen LogP contribution in [0, 0.1) is 0 Å². The van der Waals surface area contributed by atoms with E-state index in [-0.39, 0.29) is 18.4 Å². The molecule has 2 bridgehead atoms. The number of hydrogen-bond acceptors (Lipinski definition) is 8. The molecule has 16 heteroatoms. The van der Waals surface area contributed by atoms with Crippen LogP contribution in [0.15, 0.2) is 59.6 Å². The van der Waals surface area contributed by atoms with Crippen molar-refractivity contribution in [1.82, 2.24) is 35.5 Å². The SMILES string of the molecule is COC(=O)Nc1ccc2c(c1)NC(CC(F)(F)F)CCCCC1(CC1NC(=O)/C=C/C1=C(n3cnnn3)CCC(Cl)=C1)c1ncc-2[nH]1. The Morgan fingerprint density at radius 2 is 2.11 bits per heavy atom. The lowest BCUT2D eigenvalue weighted by Crippen LogP contribution is -2.31. The zero-order valence-electron chi connectivity index (χ0n) is 25.4. The number of aromatic amines is 1. The Morgan fingerprint density at radius 1 is 1.26 bits per heavy atom. The highest BCUT2D eigenvalue weighted by Gasteiger charge is 2.57. The first-order valence-corrected chi connectivity index (χ1v) is 15.6. The monoisotopic (exact) mass is 671 g/mol. The van der Waals surface area contributed by atoms with Gasteiger partial charge in [0.25, 0.3) is 0 Å². The van der Waals surface area contributed by atoms with E-state index in [1.54, 1.807) is 41.2 Å². The van der Waals surface area contributed by atoms with Gasteiger partial charge in [-0.2, -0.15) is 13.2 Å². The molecule has 1 saturated carbocycles. The maximum absolute atomic E-state index is 13.6. The molecule has 3 aromatic rings. The third-order valence-electron chi connectivity index (χ3n) is 8.73. The quantitative estimate of drug-likeness (QED) is 0.231. The summed E-state index contributed by atoms with van der Waals surface area (Å²) in [6.45, 7) is 0. The van der Waals surface area contributed by atoms with Crippen LogP contribution in [0.4, 0.5) is 29.3 Å². The predicted molar refractivity (Wildman–Crippen MR) is 168 cm³/mol. The number of ether oxygens (including phenoxy) is 1. The van der Waals surface area contributed by atoms with Gasteiger partial charge in [0.1, 0.15) is 12.2 Å². The van der Waals surface area contributed by atoms with Crippen molar-refractivity contribution in [3.8, 4) is 11.3 Å². The number of aromatic nitrogens is 6. The molecule has 3 unspecified atom stereocenters. The number of fused-ring (bicyclic) bond motifs is 5. The number of carbonyl (C=O) groups excluding carboxylic acids is 2. The average molecular weight is 672 g/mol. The van der Waals surface area contributed by atoms with Crippen LogP contribution in [0.5, 0.6) is 0 Å². The molecule has 1 aromatic carbocycles. The number of carbonyl (C=O) groups is 2. The number of tetrazole rings is 1. The van der Waals surface area contributed by atoms with Crippen molar-refractivity contribution in [2.24, 2.45) is 0 Å². The number of halogens is 4. The van der Waals surface area contributed by atoms with E-state index in [9.17, 15) is 22.8 Å². The minimum Gasteiger partial charge on any atom is -0.453 e. The van der Waals surface area contributed by atoms with Crippen LogP contribution in [0.3, 0.4) is 0 Å². The Morgan fingerprint density at radius 3 is 2.87 bits per heavy atom. The molecule has 2 aliphatic carbocycles. The van der Waals surface area contributed by atoms with E-state index < -0.39 is 30.1 Å². The molecule has 3 atom stereocenters. The summed E-state index contributed by atoms with van der Waals surface area (Å²) in [5, 5.41) is 20.7. The van der Waals surface area contributed by atoms with Crippen molar-refractivity contribution < 1.29 is 27.5 Å². The molecular weight excluding hydrogens is 639 g/mol. The number of anilines is 2. The number of alkyl halides is 3. The maximum Gasteiger partial charge on any atom is 0.411 e. The Labute approximate surface area is 272 Å². The van der Waals surface area contributed by atoms with E-state index in [4.69, 9.17) is 11.6 Å². The third-order valence-corrected chi connectivity index (χ3v) is 9.03. The van der Waals surface area contributed by atoms with Crippen molar-refractivity contribution in [3.63, 3.8) is 0 Å². The van der Waals surface area contributed by atoms with Crippen molar-refractivity contribution in [2.75, 3.05) is 17.7 Å². The van der Waals surface area contributed by atoms with E-state index in [0.717, 1.165) is 11.3 Å². The Kier molecular flexibility index (Phi) is 9.08. The minimum atomic E-state index is -4.37. The third kappa shape index (κ3) is 7.50. The van der Waals surface area contributed by atoms with Gasteiger partial charge in [-0.1, -0.05) is 24.4 Å². The van der Waals surface area contributed by atoms with Crippen LogP contribution >= 0.6 is 11.6 Å². The number of allylic oxidation sites excluding steroid dienone is 5. The largest absolute Gasteiger partial charge is 0.453 e. The molecule has 1 aliphatic heterocycles. The van der Waals surface area contributed by atoms with Crippen molar-refractivity contribution in [3.05, 3.63) is 65.4 Å². The fourth-order valence-electron chi connectivity index (χ4n) is 6.33. The van der Waals surface area contributed by atoms with E-state index >= 15 is 0 Å². The van der Waals surface area contributed by atoms with Crippen LogP contribution in [-0.4, -0.2) is 67.5 Å². The summed E-state index contributed by atoms with van der Waals surface area (Å²) in [5.41, 5.74) is 3.01. The number of imidazole rings is 1. The van der Waals surface area contributed by atoms with Crippen LogP contribution in [0.25, 0.3) is 17.0 Å². The van der Waals surface area contributed by atoms with Gasteiger partial charge in [-0.15, -0.1) is 5.10 Å². The first-order valence-electron chi connectivity index (χ1n) is 15.2. The summed E-state index contributed by atoms with van der Waals surface area (Å²) in [5.74, 6) is 0.399. The Hall–Kier alpha value is -4.66. The molecule has 0 saturated heterocycles. The number of nitrogens with zero attached hydrogens (tertiary/aromatic N) is 5. The zero-order chi connectivity index (χ0) is 33.2. The van der Waals surface area contributed by atoms with Crippen LogP contribution in [0.1, 0.15) is 57.2 Å². The smallest absolute Gasteiger partial charge is 0.411 e. The summed E-state index contributed by atoms with van der Waals surface area (Å²) >= 11 is 6.29. The summed E-state index contributed by atoms with van der Waals surface area (Å²) in [6.07, 6.45) is 5.91. The number of methoxy groups -OCH3 is 1. The highest BCUT2D eigenvalue weighted by molar-refractivity contribution is 6.30. The van der Waals surface area contributed by atoms with Gasteiger partial charge in [0, 0.05) is 40.1 Å². The molecule has 3 aliphatic rings. The Bertz CT molecular complexity index is 1730. The number of benzene rings is 1. The fourth-order valence-corrected chi connectivity index (χ4v) is 6.54. The second-order valence-electron chi connectivity index (χ2n) is 11.9. The standard InChI is InChI=1S/C31H33ClF3N9O3/c1-47-29(46)39-20-7-8-22-23(13-20)38-21(14-31(33,34)35)4-2-3-11-30(28-36-16-24(22)40-28)15-26(30)41-27(45)10-5-18-12-19(32)6-9-25(18)44-17-37-42-43-44/h5,7-8,10,12-13,16-17,21,26,38H,2-4,6,9,11,14-15H2,1H3,(H,36,40)(H,39,46)(H,41,45)/b10-5+. The fraction of sp³-hybridized carbons (Fsp3) is 0.419. The van der Waals surface area contributed by atoms with E-state index in [2.05, 4.69) is 46.2 Å². The molecule has 2 aromatic heterocycles. The van der Waals surface area contributed by atoms with E-state index in [0.29, 0.717) is 72.0 Å². The van der Waals surface area contributed by atoms with Gasteiger partial charge in [-0.05, 0) is 78.5 Å². The van der Waals surface area contributed by atoms with Gasteiger partial charge in [0.05, 0.1) is 36.5 Å². The molecule has 12 nitrogen and oxygen atoms in total. The van der Waals surface area contributed by atoms with Gasteiger partial charge < -0.3 is 20.4 Å². The molecule has 3 heterocycles. The van der Waals surface area contributed by atoms with Gasteiger partial charge >= 0.3 is 12.3 Å². The van der Waals surface area contributed by atoms with Crippen LogP contribution < -0.4 is 16.0 Å². The number of rotatable bonds is 6. The maximum atomic E-state index is 13.6. The number of nitrogens with one attached hydrogen (secondary N) is 4. The molecular formula is C31H33ClF3N9O3. The van der Waals surface area contributed by atoms with E-state index in [1.807, 2.05) is 0 Å². The van der Waals surface area contributed by atoms with E-state index in [1.165, 1.54) is 19.5 Å². The summed E-state index contributed by atoms with van der Waals surface area (Å²) < 4.78 is 47.0. The molecule has 248 valence electrons. The molecule has 6 rings (SSSR count). The molecule has 0 radical (unpaired) electrons. The van der Waals surface area contributed by atoms with Gasteiger partial charge in [-0.25, -0.2) is 14.5 Å². The lowest BCUT2D eigenvalue weighted by atomic mass is 9.94. The summed E-state index contributed by atoms with van der Waals surface area (Å²) in [6, 6.07) is 3.80. The first-order chi connectivity index (χ1) is 22.5. The van der Waals surface area contributed by atoms with Crippen molar-refractivity contribution in [1.29, 1.82) is 0 Å². The first kappa shape index (κ1) is 32.3. The zero-order valence-corrected chi connectivity index (χ0v) is 26.2. The molecule has 1 fully saturated rings. The van der Waals surface area contributed by atoms with Crippen molar-refractivity contribution >= 4 is 40.7 Å². The lowest BCUT2D eigenvalue weighted by Gasteiger charge is -2.24. The van der Waals surface area contributed by atoms with Gasteiger partial charge in [-0.3, -0.25) is 10.1 Å². The number of amides is 2. The summed E-state index contributed by atoms with van der Waals surface area (Å²) in [7, 11) is 1.22. The molecule has 47 heavy (non-hydrogen) atoms. The second-order valence-corrected chi connectivity index (χ2v) is 12.4. The summed E-state index contributed by atoms with van der Waals surface area (Å²) in [4.78, 5) is 33.0. The lowest BCUT2D eigenvalue weighted by molar-refractivity contribution is -0.137. The topological polar surface area (TPSA) is 152 Å². The Balaban J connectivity index is 1.24. The highest BCUT2D eigenvalue weighted by atomic mass is 35.5. The second kappa shape index (κ2) is 13.2. The number of hydrogen-bond donors (Lipinski definition) is 4. The predicted octanol–water partition coefficient (Wildman–Crippen LogP) is 6.06. The highest BCUT2D eigenvalue weighted by Crippen LogP contribution is 2.52. The van der Waals surface area contributed by atoms with Crippen molar-refractivity contribution in [2.45, 2.75) is 75.0 Å². The average Bonchev–Trinajstić information content (AvgIpc) is 3.38. The molecule has 4 N–H and O–H groups in total.